The van der Waals surface area contributed by atoms with Crippen LogP contribution in [0.5, 0.6) is 0 Å². The van der Waals surface area contributed by atoms with E-state index in [0.717, 1.165) is 24.0 Å². The summed E-state index contributed by atoms with van der Waals surface area (Å²) in [7, 11) is 0. The number of piperidine rings is 1. The fraction of sp³-hybridized carbons (Fsp3) is 0.207. The number of aromatic nitrogens is 2. The zero-order valence-corrected chi connectivity index (χ0v) is 19.5. The second-order valence-corrected chi connectivity index (χ2v) is 8.85. The molecule has 4 aromatic rings. The molecule has 2 amide bonds. The van der Waals surface area contributed by atoms with Crippen LogP contribution in [0.4, 0.5) is 0 Å². The summed E-state index contributed by atoms with van der Waals surface area (Å²) < 4.78 is 1.84. The highest BCUT2D eigenvalue weighted by Crippen LogP contribution is 2.25. The molecule has 1 aliphatic heterocycles. The Morgan fingerprint density at radius 1 is 0.829 bits per heavy atom. The molecule has 0 radical (unpaired) electrons. The lowest BCUT2D eigenvalue weighted by Crippen LogP contribution is -2.46. The minimum absolute atomic E-state index is 0.0176. The van der Waals surface area contributed by atoms with Gasteiger partial charge in [0.25, 0.3) is 11.8 Å². The average molecular weight is 465 g/mol. The lowest BCUT2D eigenvalue weighted by atomic mass is 10.0. The molecular weight excluding hydrogens is 436 g/mol. The number of benzene rings is 3. The van der Waals surface area contributed by atoms with Crippen molar-refractivity contribution in [1.29, 1.82) is 0 Å². The van der Waals surface area contributed by atoms with Gasteiger partial charge in [-0.1, -0.05) is 78.9 Å². The monoisotopic (exact) mass is 464 g/mol. The Kier molecular flexibility index (Phi) is 6.70. The minimum Gasteiger partial charge on any atom is -0.349 e. The number of hydrogen-bond donors (Lipinski definition) is 1. The van der Waals surface area contributed by atoms with E-state index in [2.05, 4.69) is 17.4 Å². The van der Waals surface area contributed by atoms with Gasteiger partial charge in [-0.2, -0.15) is 5.10 Å². The van der Waals surface area contributed by atoms with E-state index in [4.69, 9.17) is 5.10 Å². The van der Waals surface area contributed by atoms with E-state index in [-0.39, 0.29) is 17.9 Å². The predicted molar refractivity (Wildman–Crippen MR) is 136 cm³/mol. The van der Waals surface area contributed by atoms with E-state index in [0.29, 0.717) is 36.5 Å². The fourth-order valence-corrected chi connectivity index (χ4v) is 4.49. The molecule has 0 aliphatic carbocycles. The highest BCUT2D eigenvalue weighted by Gasteiger charge is 2.28. The van der Waals surface area contributed by atoms with Crippen molar-refractivity contribution in [3.05, 3.63) is 114 Å². The van der Waals surface area contributed by atoms with Crippen molar-refractivity contribution in [2.45, 2.75) is 25.4 Å². The van der Waals surface area contributed by atoms with E-state index in [1.165, 1.54) is 0 Å². The summed E-state index contributed by atoms with van der Waals surface area (Å²) in [4.78, 5) is 28.0. The Bertz CT molecular complexity index is 1280. The number of likely N-dealkylation sites (tertiary alicyclic amines) is 1. The van der Waals surface area contributed by atoms with Gasteiger partial charge in [0, 0.05) is 36.5 Å². The standard InChI is InChI=1S/C29H28N4O2/c34-28(24-14-8-3-9-15-24)30-25-16-18-32(19-17-25)29(35)26-21-33(20-22-10-4-1-5-11-22)31-27(26)23-12-6-2-7-13-23/h1-15,21,25H,16-20H2,(H,30,34). The molecule has 6 nitrogen and oxygen atoms in total. The molecule has 1 N–H and O–H groups in total. The molecule has 0 spiro atoms. The molecule has 3 aromatic carbocycles. The molecule has 1 aromatic heterocycles. The molecule has 6 heteroatoms. The quantitative estimate of drug-likeness (QED) is 0.452. The molecule has 176 valence electrons. The number of carbonyl (C=O) groups excluding carboxylic acids is 2. The van der Waals surface area contributed by atoms with Gasteiger partial charge in [0.1, 0.15) is 5.69 Å². The Morgan fingerprint density at radius 2 is 1.43 bits per heavy atom. The highest BCUT2D eigenvalue weighted by molar-refractivity contribution is 6.00. The van der Waals surface area contributed by atoms with Crippen LogP contribution in [0.25, 0.3) is 11.3 Å². The second kappa shape index (κ2) is 10.4. The predicted octanol–water partition coefficient (Wildman–Crippen LogP) is 4.63. The third-order valence-electron chi connectivity index (χ3n) is 6.38. The molecule has 1 fully saturated rings. The lowest BCUT2D eigenvalue weighted by molar-refractivity contribution is 0.0698. The van der Waals surface area contributed by atoms with E-state index < -0.39 is 0 Å². The molecule has 0 unspecified atom stereocenters. The summed E-state index contributed by atoms with van der Waals surface area (Å²) in [5.74, 6) is -0.0834. The highest BCUT2D eigenvalue weighted by atomic mass is 16.2. The van der Waals surface area contributed by atoms with Crippen LogP contribution in [0.15, 0.2) is 97.2 Å². The van der Waals surface area contributed by atoms with Crippen LogP contribution in [-0.2, 0) is 6.54 Å². The van der Waals surface area contributed by atoms with Gasteiger partial charge < -0.3 is 10.2 Å². The molecule has 0 saturated carbocycles. The van der Waals surface area contributed by atoms with Crippen LogP contribution < -0.4 is 5.32 Å². The molecule has 0 atom stereocenters. The third-order valence-corrected chi connectivity index (χ3v) is 6.38. The third kappa shape index (κ3) is 5.32. The first-order chi connectivity index (χ1) is 17.2. The Morgan fingerprint density at radius 3 is 2.09 bits per heavy atom. The normalized spacial score (nSPS) is 14.0. The SMILES string of the molecule is O=C(NC1CCN(C(=O)c2cn(Cc3ccccc3)nc2-c2ccccc2)CC1)c1ccccc1. The molecule has 5 rings (SSSR count). The van der Waals surface area contributed by atoms with Crippen LogP contribution in [0.1, 0.15) is 39.1 Å². The first-order valence-electron chi connectivity index (χ1n) is 12.0. The van der Waals surface area contributed by atoms with Crippen molar-refractivity contribution in [3.63, 3.8) is 0 Å². The van der Waals surface area contributed by atoms with Gasteiger partial charge in [-0.15, -0.1) is 0 Å². The summed E-state index contributed by atoms with van der Waals surface area (Å²) in [6.07, 6.45) is 3.31. The summed E-state index contributed by atoms with van der Waals surface area (Å²) in [5.41, 5.74) is 4.02. The van der Waals surface area contributed by atoms with Crippen molar-refractivity contribution < 1.29 is 9.59 Å². The first kappa shape index (κ1) is 22.6. The topological polar surface area (TPSA) is 67.2 Å². The number of nitrogens with one attached hydrogen (secondary N) is 1. The Labute approximate surface area is 205 Å². The van der Waals surface area contributed by atoms with E-state index in [9.17, 15) is 9.59 Å². The fourth-order valence-electron chi connectivity index (χ4n) is 4.49. The van der Waals surface area contributed by atoms with Crippen LogP contribution in [-0.4, -0.2) is 45.6 Å². The van der Waals surface area contributed by atoms with E-state index in [1.807, 2.05) is 94.6 Å². The lowest BCUT2D eigenvalue weighted by Gasteiger charge is -2.32. The van der Waals surface area contributed by atoms with Crippen molar-refractivity contribution in [2.75, 3.05) is 13.1 Å². The zero-order chi connectivity index (χ0) is 24.0. The van der Waals surface area contributed by atoms with E-state index >= 15 is 0 Å². The van der Waals surface area contributed by atoms with Gasteiger partial charge in [-0.3, -0.25) is 14.3 Å². The van der Waals surface area contributed by atoms with Gasteiger partial charge in [0.15, 0.2) is 0 Å². The number of hydrogen-bond acceptors (Lipinski definition) is 3. The van der Waals surface area contributed by atoms with Crippen molar-refractivity contribution >= 4 is 11.8 Å². The van der Waals surface area contributed by atoms with Gasteiger partial charge >= 0.3 is 0 Å². The molecule has 0 bridgehead atoms. The summed E-state index contributed by atoms with van der Waals surface area (Å²) in [6, 6.07) is 29.2. The maximum Gasteiger partial charge on any atom is 0.257 e. The molecular formula is C29H28N4O2. The van der Waals surface area contributed by atoms with Gasteiger partial charge in [-0.05, 0) is 30.5 Å². The maximum atomic E-state index is 13.6. The number of amides is 2. The number of nitrogens with zero attached hydrogens (tertiary/aromatic N) is 3. The molecule has 2 heterocycles. The van der Waals surface area contributed by atoms with Crippen molar-refractivity contribution in [1.82, 2.24) is 20.0 Å². The average Bonchev–Trinajstić information content (AvgIpc) is 3.34. The summed E-state index contributed by atoms with van der Waals surface area (Å²) >= 11 is 0. The van der Waals surface area contributed by atoms with Crippen molar-refractivity contribution in [3.8, 4) is 11.3 Å². The van der Waals surface area contributed by atoms with Crippen LogP contribution in [0, 0.1) is 0 Å². The zero-order valence-electron chi connectivity index (χ0n) is 19.5. The van der Waals surface area contributed by atoms with E-state index in [1.54, 1.807) is 0 Å². The molecule has 1 aliphatic rings. The Hall–Kier alpha value is -4.19. The largest absolute Gasteiger partial charge is 0.349 e. The molecule has 35 heavy (non-hydrogen) atoms. The van der Waals surface area contributed by atoms with Crippen LogP contribution in [0.3, 0.4) is 0 Å². The smallest absolute Gasteiger partial charge is 0.257 e. The summed E-state index contributed by atoms with van der Waals surface area (Å²) in [5, 5.41) is 7.90. The number of carbonyl (C=O) groups is 2. The van der Waals surface area contributed by atoms with Gasteiger partial charge in [0.2, 0.25) is 0 Å². The van der Waals surface area contributed by atoms with Gasteiger partial charge in [0.05, 0.1) is 12.1 Å². The second-order valence-electron chi connectivity index (χ2n) is 8.85. The van der Waals surface area contributed by atoms with Crippen molar-refractivity contribution in [2.24, 2.45) is 0 Å². The Balaban J connectivity index is 1.30. The van der Waals surface area contributed by atoms with Crippen LogP contribution >= 0.6 is 0 Å². The van der Waals surface area contributed by atoms with Crippen LogP contribution in [0.2, 0.25) is 0 Å². The first-order valence-corrected chi connectivity index (χ1v) is 12.0. The minimum atomic E-state index is -0.0658. The maximum absolute atomic E-state index is 13.6. The van der Waals surface area contributed by atoms with Gasteiger partial charge in [-0.25, -0.2) is 0 Å². The number of rotatable bonds is 6. The molecule has 1 saturated heterocycles. The summed E-state index contributed by atoms with van der Waals surface area (Å²) in [6.45, 7) is 1.79.